The van der Waals surface area contributed by atoms with Crippen LogP contribution in [0.15, 0.2) is 42.0 Å². The fourth-order valence-electron chi connectivity index (χ4n) is 1.63. The van der Waals surface area contributed by atoms with Crippen LogP contribution < -0.4 is 4.90 Å². The first kappa shape index (κ1) is 11.6. The molecular formula is C13H13N3S. The zero-order valence-electron chi connectivity index (χ0n) is 9.41. The Labute approximate surface area is 105 Å². The molecule has 0 radical (unpaired) electrons. The van der Waals surface area contributed by atoms with Crippen molar-refractivity contribution in [3.05, 3.63) is 46.9 Å². The molecule has 0 saturated heterocycles. The Kier molecular flexibility index (Phi) is 4.11. The number of rotatable bonds is 5. The highest BCUT2D eigenvalue weighted by atomic mass is 32.1. The summed E-state index contributed by atoms with van der Waals surface area (Å²) in [4.78, 5) is 7.50. The van der Waals surface area contributed by atoms with Crippen molar-refractivity contribution in [2.75, 3.05) is 11.4 Å². The van der Waals surface area contributed by atoms with Crippen LogP contribution in [0.4, 0.5) is 5.69 Å². The molecule has 3 nitrogen and oxygen atoms in total. The van der Waals surface area contributed by atoms with E-state index in [1.807, 2.05) is 29.9 Å². The molecule has 86 valence electrons. The van der Waals surface area contributed by atoms with Gasteiger partial charge in [0.1, 0.15) is 0 Å². The molecule has 4 heteroatoms. The summed E-state index contributed by atoms with van der Waals surface area (Å²) in [6, 6.07) is 12.4. The number of benzene rings is 1. The second-order valence-electron chi connectivity index (χ2n) is 3.63. The van der Waals surface area contributed by atoms with Gasteiger partial charge in [-0.15, -0.1) is 11.3 Å². The molecule has 0 aliphatic rings. The van der Waals surface area contributed by atoms with Crippen LogP contribution >= 0.6 is 11.3 Å². The summed E-state index contributed by atoms with van der Waals surface area (Å²) in [7, 11) is 0. The largest absolute Gasteiger partial charge is 0.365 e. The normalized spacial score (nSPS) is 9.82. The number of aromatic nitrogens is 1. The van der Waals surface area contributed by atoms with Crippen molar-refractivity contribution in [3.8, 4) is 6.07 Å². The van der Waals surface area contributed by atoms with E-state index in [0.717, 1.165) is 18.8 Å². The van der Waals surface area contributed by atoms with E-state index in [1.165, 1.54) is 4.88 Å². The molecule has 2 aromatic rings. The van der Waals surface area contributed by atoms with E-state index < -0.39 is 0 Å². The lowest BCUT2D eigenvalue weighted by molar-refractivity contribution is 0.805. The number of nitrogens with zero attached hydrogens (tertiary/aromatic N) is 3. The maximum Gasteiger partial charge on any atom is 0.0794 e. The third-order valence-corrected chi connectivity index (χ3v) is 3.21. The fourth-order valence-corrected chi connectivity index (χ4v) is 2.24. The molecule has 0 unspecified atom stereocenters. The fraction of sp³-hybridized carbons (Fsp3) is 0.231. The number of thiazole rings is 1. The van der Waals surface area contributed by atoms with Gasteiger partial charge < -0.3 is 4.90 Å². The average molecular weight is 243 g/mol. The maximum absolute atomic E-state index is 8.70. The Morgan fingerprint density at radius 2 is 2.12 bits per heavy atom. The number of anilines is 1. The highest BCUT2D eigenvalue weighted by molar-refractivity contribution is 7.09. The van der Waals surface area contributed by atoms with Gasteiger partial charge in [0.2, 0.25) is 0 Å². The van der Waals surface area contributed by atoms with E-state index in [1.54, 1.807) is 11.3 Å². The highest BCUT2D eigenvalue weighted by Crippen LogP contribution is 2.18. The van der Waals surface area contributed by atoms with Crippen molar-refractivity contribution in [2.24, 2.45) is 0 Å². The second kappa shape index (κ2) is 6.02. The Morgan fingerprint density at radius 1 is 1.29 bits per heavy atom. The summed E-state index contributed by atoms with van der Waals surface area (Å²) in [5, 5.41) is 8.70. The van der Waals surface area contributed by atoms with Gasteiger partial charge in [0.25, 0.3) is 0 Å². The van der Waals surface area contributed by atoms with Crippen LogP contribution in [0.1, 0.15) is 11.3 Å². The van der Waals surface area contributed by atoms with Gasteiger partial charge >= 0.3 is 0 Å². The molecule has 1 heterocycles. The molecule has 0 fully saturated rings. The zero-order valence-corrected chi connectivity index (χ0v) is 10.2. The first-order chi connectivity index (χ1) is 8.40. The van der Waals surface area contributed by atoms with Crippen molar-refractivity contribution >= 4 is 17.0 Å². The van der Waals surface area contributed by atoms with E-state index in [9.17, 15) is 0 Å². The standard InChI is InChI=1S/C13H13N3S/c14-7-4-8-16(10-13-9-15-11-17-13)12-5-2-1-3-6-12/h1-3,5-6,9,11H,4,8,10H2. The molecule has 0 atom stereocenters. The van der Waals surface area contributed by atoms with Gasteiger partial charge in [-0.1, -0.05) is 18.2 Å². The van der Waals surface area contributed by atoms with Gasteiger partial charge in [-0.3, -0.25) is 4.98 Å². The molecule has 0 amide bonds. The third kappa shape index (κ3) is 3.30. The average Bonchev–Trinajstić information content (AvgIpc) is 2.88. The Hall–Kier alpha value is -1.86. The van der Waals surface area contributed by atoms with E-state index in [4.69, 9.17) is 5.26 Å². The Bertz CT molecular complexity index is 473. The smallest absolute Gasteiger partial charge is 0.0794 e. The van der Waals surface area contributed by atoms with Gasteiger partial charge in [0.05, 0.1) is 24.5 Å². The first-order valence-electron chi connectivity index (χ1n) is 5.44. The van der Waals surface area contributed by atoms with Gasteiger partial charge in [0, 0.05) is 23.3 Å². The van der Waals surface area contributed by atoms with Gasteiger partial charge in [-0.05, 0) is 12.1 Å². The lowest BCUT2D eigenvalue weighted by Crippen LogP contribution is -2.23. The van der Waals surface area contributed by atoms with Gasteiger partial charge in [-0.2, -0.15) is 5.26 Å². The number of para-hydroxylation sites is 1. The van der Waals surface area contributed by atoms with Crippen LogP contribution in [0.2, 0.25) is 0 Å². The molecule has 0 aliphatic heterocycles. The molecule has 0 aliphatic carbocycles. The predicted octanol–water partition coefficient (Wildman–Crippen LogP) is 3.06. The number of hydrogen-bond acceptors (Lipinski definition) is 4. The monoisotopic (exact) mass is 243 g/mol. The summed E-state index contributed by atoms with van der Waals surface area (Å²) < 4.78 is 0. The molecule has 0 saturated carbocycles. The van der Waals surface area contributed by atoms with E-state index in [-0.39, 0.29) is 0 Å². The van der Waals surface area contributed by atoms with Gasteiger partial charge in [0.15, 0.2) is 0 Å². The van der Waals surface area contributed by atoms with Crippen LogP contribution in [0.25, 0.3) is 0 Å². The summed E-state index contributed by atoms with van der Waals surface area (Å²) in [5.41, 5.74) is 2.99. The topological polar surface area (TPSA) is 39.9 Å². The van der Waals surface area contributed by atoms with Crippen LogP contribution in [-0.2, 0) is 6.54 Å². The minimum absolute atomic E-state index is 0.535. The minimum atomic E-state index is 0.535. The summed E-state index contributed by atoms with van der Waals surface area (Å²) >= 11 is 1.64. The highest BCUT2D eigenvalue weighted by Gasteiger charge is 2.07. The van der Waals surface area contributed by atoms with Crippen LogP contribution in [0.5, 0.6) is 0 Å². The van der Waals surface area contributed by atoms with Crippen LogP contribution in [0.3, 0.4) is 0 Å². The molecule has 0 spiro atoms. The van der Waals surface area contributed by atoms with Crippen molar-refractivity contribution < 1.29 is 0 Å². The van der Waals surface area contributed by atoms with Crippen LogP contribution in [0, 0.1) is 11.3 Å². The van der Waals surface area contributed by atoms with Crippen LogP contribution in [-0.4, -0.2) is 11.5 Å². The van der Waals surface area contributed by atoms with E-state index >= 15 is 0 Å². The van der Waals surface area contributed by atoms with E-state index in [2.05, 4.69) is 28.1 Å². The lowest BCUT2D eigenvalue weighted by Gasteiger charge is -2.22. The van der Waals surface area contributed by atoms with E-state index in [0.29, 0.717) is 6.42 Å². The molecule has 17 heavy (non-hydrogen) atoms. The lowest BCUT2D eigenvalue weighted by atomic mass is 10.2. The number of hydrogen-bond donors (Lipinski definition) is 0. The zero-order chi connectivity index (χ0) is 11.9. The van der Waals surface area contributed by atoms with Crippen molar-refractivity contribution in [1.29, 1.82) is 5.26 Å². The quantitative estimate of drug-likeness (QED) is 0.810. The molecule has 0 bridgehead atoms. The summed E-state index contributed by atoms with van der Waals surface area (Å²) in [5.74, 6) is 0. The van der Waals surface area contributed by atoms with Gasteiger partial charge in [-0.25, -0.2) is 0 Å². The second-order valence-corrected chi connectivity index (χ2v) is 4.60. The molecule has 1 aromatic carbocycles. The molecule has 0 N–H and O–H groups in total. The van der Waals surface area contributed by atoms with Crippen molar-refractivity contribution in [3.63, 3.8) is 0 Å². The predicted molar refractivity (Wildman–Crippen MR) is 69.8 cm³/mol. The van der Waals surface area contributed by atoms with Crippen molar-refractivity contribution in [1.82, 2.24) is 4.98 Å². The Balaban J connectivity index is 2.11. The molecule has 2 rings (SSSR count). The number of nitriles is 1. The maximum atomic E-state index is 8.70. The molecular weight excluding hydrogens is 230 g/mol. The van der Waals surface area contributed by atoms with Crippen molar-refractivity contribution in [2.45, 2.75) is 13.0 Å². The molecule has 1 aromatic heterocycles. The SMILES string of the molecule is N#CCCN(Cc1cncs1)c1ccccc1. The Morgan fingerprint density at radius 3 is 2.76 bits per heavy atom. The summed E-state index contributed by atoms with van der Waals surface area (Å²) in [6.07, 6.45) is 2.42. The minimum Gasteiger partial charge on any atom is -0.365 e. The first-order valence-corrected chi connectivity index (χ1v) is 6.32. The third-order valence-electron chi connectivity index (χ3n) is 2.45. The summed E-state index contributed by atoms with van der Waals surface area (Å²) in [6.45, 7) is 1.56.